The zero-order chi connectivity index (χ0) is 10.9. The Kier molecular flexibility index (Phi) is 2.44. The maximum atomic E-state index is 11.2. The van der Waals surface area contributed by atoms with E-state index in [9.17, 15) is 4.79 Å². The minimum atomic E-state index is -0.521. The van der Waals surface area contributed by atoms with Crippen molar-refractivity contribution >= 4 is 5.91 Å². The Morgan fingerprint density at radius 3 is 2.93 bits per heavy atom. The molecule has 2 rings (SSSR count). The average molecular weight is 210 g/mol. The van der Waals surface area contributed by atoms with Gasteiger partial charge in [0.05, 0.1) is 0 Å². The molecule has 1 aromatic heterocycles. The maximum Gasteiger partial charge on any atom is 0.253 e. The summed E-state index contributed by atoms with van der Waals surface area (Å²) in [7, 11) is 0. The second kappa shape index (κ2) is 3.62. The summed E-state index contributed by atoms with van der Waals surface area (Å²) in [5.74, 6) is 0.983. The lowest BCUT2D eigenvalue weighted by Crippen LogP contribution is -2.46. The minimum Gasteiger partial charge on any atom is -0.341 e. The summed E-state index contributed by atoms with van der Waals surface area (Å²) >= 11 is 0. The van der Waals surface area contributed by atoms with E-state index in [-0.39, 0.29) is 5.91 Å². The molecular weight excluding hydrogens is 196 g/mol. The van der Waals surface area contributed by atoms with Crippen molar-refractivity contribution in [2.75, 3.05) is 13.1 Å². The zero-order valence-electron chi connectivity index (χ0n) is 8.83. The topological polar surface area (TPSA) is 80.1 Å². The predicted octanol–water partition coefficient (Wildman–Crippen LogP) is -0.297. The Morgan fingerprint density at radius 1 is 1.67 bits per heavy atom. The van der Waals surface area contributed by atoms with Crippen LogP contribution in [0.2, 0.25) is 0 Å². The fraction of sp³-hybridized carbons (Fsp3) is 0.667. The van der Waals surface area contributed by atoms with Gasteiger partial charge in [-0.1, -0.05) is 5.16 Å². The molecule has 1 amide bonds. The van der Waals surface area contributed by atoms with E-state index < -0.39 is 5.54 Å². The fourth-order valence-corrected chi connectivity index (χ4v) is 1.86. The van der Waals surface area contributed by atoms with Crippen LogP contribution < -0.4 is 10.6 Å². The van der Waals surface area contributed by atoms with Gasteiger partial charge in [-0.15, -0.1) is 0 Å². The number of rotatable bonds is 2. The molecule has 0 saturated carbocycles. The van der Waals surface area contributed by atoms with Crippen LogP contribution in [0.5, 0.6) is 0 Å². The van der Waals surface area contributed by atoms with Gasteiger partial charge in [0.25, 0.3) is 5.89 Å². The first kappa shape index (κ1) is 10.1. The number of hydrogen-bond donors (Lipinski definition) is 2. The molecule has 1 aliphatic rings. The lowest BCUT2D eigenvalue weighted by atomic mass is 9.98. The van der Waals surface area contributed by atoms with Gasteiger partial charge in [0.1, 0.15) is 5.54 Å². The van der Waals surface area contributed by atoms with Gasteiger partial charge in [-0.25, -0.2) is 0 Å². The van der Waals surface area contributed by atoms with E-state index >= 15 is 0 Å². The molecule has 0 bridgehead atoms. The average Bonchev–Trinajstić information content (AvgIpc) is 2.73. The van der Waals surface area contributed by atoms with Gasteiger partial charge in [0, 0.05) is 13.5 Å². The molecule has 0 radical (unpaired) electrons. The van der Waals surface area contributed by atoms with Crippen LogP contribution in [-0.2, 0) is 10.3 Å². The van der Waals surface area contributed by atoms with E-state index in [1.807, 2.05) is 0 Å². The predicted molar refractivity (Wildman–Crippen MR) is 52.0 cm³/mol. The highest BCUT2D eigenvalue weighted by Gasteiger charge is 2.41. The van der Waals surface area contributed by atoms with Crippen molar-refractivity contribution in [3.63, 3.8) is 0 Å². The van der Waals surface area contributed by atoms with E-state index in [1.165, 1.54) is 6.92 Å². The van der Waals surface area contributed by atoms with E-state index in [0.717, 1.165) is 13.0 Å². The third kappa shape index (κ3) is 1.85. The van der Waals surface area contributed by atoms with Gasteiger partial charge < -0.3 is 15.2 Å². The van der Waals surface area contributed by atoms with Gasteiger partial charge in [-0.3, -0.25) is 4.79 Å². The largest absolute Gasteiger partial charge is 0.341 e. The summed E-state index contributed by atoms with van der Waals surface area (Å²) in [6.07, 6.45) is 0.772. The number of aryl methyl sites for hydroxylation is 1. The van der Waals surface area contributed by atoms with Crippen LogP contribution in [0.1, 0.15) is 25.1 Å². The number of carbonyl (C=O) groups is 1. The van der Waals surface area contributed by atoms with E-state index in [2.05, 4.69) is 20.8 Å². The number of hydrogen-bond acceptors (Lipinski definition) is 5. The third-order valence-electron chi connectivity index (χ3n) is 2.51. The quantitative estimate of drug-likeness (QED) is 0.700. The Morgan fingerprint density at radius 2 is 2.47 bits per heavy atom. The molecule has 0 aromatic carbocycles. The Balaban J connectivity index is 2.29. The minimum absolute atomic E-state index is 0.0884. The molecule has 1 aliphatic heterocycles. The summed E-state index contributed by atoms with van der Waals surface area (Å²) < 4.78 is 5.14. The Bertz CT molecular complexity index is 368. The Labute approximate surface area is 87.4 Å². The van der Waals surface area contributed by atoms with Crippen LogP contribution in [0.15, 0.2) is 4.52 Å². The van der Waals surface area contributed by atoms with Crippen LogP contribution >= 0.6 is 0 Å². The number of aromatic nitrogens is 2. The maximum absolute atomic E-state index is 11.2. The summed E-state index contributed by atoms with van der Waals surface area (Å²) in [6.45, 7) is 4.72. The first-order valence-electron chi connectivity index (χ1n) is 4.93. The molecule has 6 heteroatoms. The molecule has 82 valence electrons. The normalized spacial score (nSPS) is 25.5. The zero-order valence-corrected chi connectivity index (χ0v) is 8.83. The van der Waals surface area contributed by atoms with Crippen LogP contribution in [0.25, 0.3) is 0 Å². The van der Waals surface area contributed by atoms with Crippen molar-refractivity contribution in [3.05, 3.63) is 11.7 Å². The van der Waals surface area contributed by atoms with E-state index in [4.69, 9.17) is 4.52 Å². The molecule has 6 nitrogen and oxygen atoms in total. The van der Waals surface area contributed by atoms with Crippen molar-refractivity contribution in [2.24, 2.45) is 0 Å². The summed E-state index contributed by atoms with van der Waals surface area (Å²) in [4.78, 5) is 15.3. The summed E-state index contributed by atoms with van der Waals surface area (Å²) in [5.41, 5.74) is -0.521. The highest BCUT2D eigenvalue weighted by molar-refractivity contribution is 5.74. The fourth-order valence-electron chi connectivity index (χ4n) is 1.86. The van der Waals surface area contributed by atoms with Gasteiger partial charge >= 0.3 is 0 Å². The lowest BCUT2D eigenvalue weighted by Gasteiger charge is -2.24. The Hall–Kier alpha value is -1.43. The van der Waals surface area contributed by atoms with Crippen LogP contribution in [0.3, 0.4) is 0 Å². The number of nitrogens with one attached hydrogen (secondary N) is 2. The van der Waals surface area contributed by atoms with Crippen molar-refractivity contribution in [3.8, 4) is 0 Å². The van der Waals surface area contributed by atoms with Gasteiger partial charge in [-0.2, -0.15) is 4.98 Å². The molecule has 2 heterocycles. The van der Waals surface area contributed by atoms with Crippen LogP contribution in [-0.4, -0.2) is 29.1 Å². The molecular formula is C9H14N4O2. The highest BCUT2D eigenvalue weighted by Crippen LogP contribution is 2.26. The van der Waals surface area contributed by atoms with Crippen molar-refractivity contribution in [1.29, 1.82) is 0 Å². The van der Waals surface area contributed by atoms with E-state index in [0.29, 0.717) is 18.3 Å². The second-order valence-electron chi connectivity index (χ2n) is 3.84. The molecule has 0 spiro atoms. The third-order valence-corrected chi connectivity index (χ3v) is 2.51. The van der Waals surface area contributed by atoms with Gasteiger partial charge in [-0.05, 0) is 19.9 Å². The summed E-state index contributed by atoms with van der Waals surface area (Å²) in [6, 6.07) is 0. The number of nitrogens with zero attached hydrogens (tertiary/aromatic N) is 2. The van der Waals surface area contributed by atoms with Crippen LogP contribution in [0, 0.1) is 6.92 Å². The second-order valence-corrected chi connectivity index (χ2v) is 3.84. The van der Waals surface area contributed by atoms with Gasteiger partial charge in [0.15, 0.2) is 5.82 Å². The molecule has 0 aliphatic carbocycles. The summed E-state index contributed by atoms with van der Waals surface area (Å²) in [5, 5.41) is 9.82. The molecule has 0 unspecified atom stereocenters. The van der Waals surface area contributed by atoms with E-state index in [1.54, 1.807) is 6.92 Å². The first-order valence-corrected chi connectivity index (χ1v) is 4.93. The number of amides is 1. The van der Waals surface area contributed by atoms with Crippen molar-refractivity contribution < 1.29 is 9.32 Å². The SMILES string of the molecule is CC(=O)N[C@]1(c2nc(C)no2)CCNC1. The highest BCUT2D eigenvalue weighted by atomic mass is 16.5. The molecule has 2 N–H and O–H groups in total. The molecule has 1 saturated heterocycles. The standard InChI is InChI=1S/C9H14N4O2/c1-6-11-8(15-13-6)9(12-7(2)14)3-4-10-5-9/h10H,3-5H2,1-2H3,(H,12,14)/t9-/m1/s1. The lowest BCUT2D eigenvalue weighted by molar-refractivity contribution is -0.121. The molecule has 15 heavy (non-hydrogen) atoms. The number of carbonyl (C=O) groups excluding carboxylic acids is 1. The smallest absolute Gasteiger partial charge is 0.253 e. The first-order chi connectivity index (χ1) is 7.12. The molecule has 1 aromatic rings. The van der Waals surface area contributed by atoms with Crippen molar-refractivity contribution in [1.82, 2.24) is 20.8 Å². The van der Waals surface area contributed by atoms with Crippen LogP contribution in [0.4, 0.5) is 0 Å². The van der Waals surface area contributed by atoms with Crippen molar-refractivity contribution in [2.45, 2.75) is 25.8 Å². The monoisotopic (exact) mass is 210 g/mol. The van der Waals surface area contributed by atoms with Gasteiger partial charge in [0.2, 0.25) is 5.91 Å². The molecule has 1 atom stereocenters. The molecule has 1 fully saturated rings.